The molecule has 1 aromatic rings. The summed E-state index contributed by atoms with van der Waals surface area (Å²) in [4.78, 5) is 0. The van der Waals surface area contributed by atoms with Gasteiger partial charge in [0.05, 0.1) is 12.2 Å². The molecular formula is C10H11N3O2. The van der Waals surface area contributed by atoms with Crippen molar-refractivity contribution in [3.05, 3.63) is 23.3 Å². The lowest BCUT2D eigenvalue weighted by Gasteiger charge is -2.09. The Morgan fingerprint density at radius 2 is 2.33 bits per heavy atom. The minimum absolute atomic E-state index is 0.00421. The summed E-state index contributed by atoms with van der Waals surface area (Å²) >= 11 is 0. The van der Waals surface area contributed by atoms with Gasteiger partial charge in [0.25, 0.3) is 0 Å². The molecule has 0 bridgehead atoms. The number of hydrogen-bond acceptors (Lipinski definition) is 4. The summed E-state index contributed by atoms with van der Waals surface area (Å²) in [5, 5.41) is 25.7. The van der Waals surface area contributed by atoms with E-state index in [0.29, 0.717) is 12.4 Å². The molecule has 0 aliphatic heterocycles. The van der Waals surface area contributed by atoms with Gasteiger partial charge in [-0.3, -0.25) is 5.41 Å². The first-order chi connectivity index (χ1) is 7.11. The molecule has 0 spiro atoms. The number of nitrogen functional groups attached to an aromatic ring is 1. The van der Waals surface area contributed by atoms with Crippen LogP contribution in [0.25, 0.3) is 0 Å². The predicted octanol–water partition coefficient (Wildman–Crippen LogP) is 0.947. The van der Waals surface area contributed by atoms with Crippen molar-refractivity contribution >= 4 is 5.84 Å². The van der Waals surface area contributed by atoms with Crippen LogP contribution in [0.4, 0.5) is 0 Å². The number of hydrogen-bond donors (Lipinski definition) is 3. The van der Waals surface area contributed by atoms with Gasteiger partial charge in [-0.15, -0.1) is 0 Å². The topological polar surface area (TPSA) is 103 Å². The number of amidine groups is 1. The number of nitrogens with one attached hydrogen (secondary N) is 1. The molecule has 0 aromatic heterocycles. The second kappa shape index (κ2) is 4.33. The summed E-state index contributed by atoms with van der Waals surface area (Å²) in [7, 11) is 0. The molecule has 0 heterocycles. The molecule has 0 saturated carbocycles. The van der Waals surface area contributed by atoms with Crippen LogP contribution in [0.5, 0.6) is 11.5 Å². The Morgan fingerprint density at radius 1 is 1.67 bits per heavy atom. The molecule has 78 valence electrons. The number of phenols is 1. The zero-order valence-corrected chi connectivity index (χ0v) is 8.24. The first-order valence-corrected chi connectivity index (χ1v) is 4.35. The standard InChI is InChI=1S/C10H11N3O2/c1-2-15-8-4-3-6(10(12)13)9(14)7(8)5-11/h3-4,14H,2H2,1H3,(H3,12,13). The zero-order valence-electron chi connectivity index (χ0n) is 8.24. The summed E-state index contributed by atoms with van der Waals surface area (Å²) in [5.74, 6) is -0.300. The molecule has 5 nitrogen and oxygen atoms in total. The third-order valence-electron chi connectivity index (χ3n) is 1.84. The third kappa shape index (κ3) is 1.99. The molecule has 0 atom stereocenters. The molecular weight excluding hydrogens is 194 g/mol. The van der Waals surface area contributed by atoms with E-state index in [-0.39, 0.29) is 22.7 Å². The van der Waals surface area contributed by atoms with Crippen LogP contribution in [0.2, 0.25) is 0 Å². The van der Waals surface area contributed by atoms with Crippen molar-refractivity contribution in [2.24, 2.45) is 5.73 Å². The van der Waals surface area contributed by atoms with Gasteiger partial charge in [-0.25, -0.2) is 0 Å². The summed E-state index contributed by atoms with van der Waals surface area (Å²) in [6.45, 7) is 2.17. The summed E-state index contributed by atoms with van der Waals surface area (Å²) in [5.41, 5.74) is 5.37. The molecule has 15 heavy (non-hydrogen) atoms. The maximum Gasteiger partial charge on any atom is 0.148 e. The van der Waals surface area contributed by atoms with Crippen LogP contribution in [-0.2, 0) is 0 Å². The molecule has 0 saturated heterocycles. The first kappa shape index (κ1) is 10.9. The van der Waals surface area contributed by atoms with Crippen LogP contribution in [0.3, 0.4) is 0 Å². The van der Waals surface area contributed by atoms with E-state index in [0.717, 1.165) is 0 Å². The monoisotopic (exact) mass is 205 g/mol. The second-order valence-corrected chi connectivity index (χ2v) is 2.79. The summed E-state index contributed by atoms with van der Waals surface area (Å²) < 4.78 is 5.15. The lowest BCUT2D eigenvalue weighted by molar-refractivity contribution is 0.336. The van der Waals surface area contributed by atoms with E-state index in [1.807, 2.05) is 6.07 Å². The van der Waals surface area contributed by atoms with E-state index in [1.54, 1.807) is 6.92 Å². The van der Waals surface area contributed by atoms with Gasteiger partial charge >= 0.3 is 0 Å². The number of rotatable bonds is 3. The van der Waals surface area contributed by atoms with Crippen molar-refractivity contribution in [3.8, 4) is 17.6 Å². The number of nitrogens with zero attached hydrogens (tertiary/aromatic N) is 1. The molecule has 0 radical (unpaired) electrons. The fourth-order valence-electron chi connectivity index (χ4n) is 1.17. The van der Waals surface area contributed by atoms with Gasteiger partial charge in [0.1, 0.15) is 29.0 Å². The Balaban J connectivity index is 3.34. The van der Waals surface area contributed by atoms with Gasteiger partial charge in [0.2, 0.25) is 0 Å². The maximum absolute atomic E-state index is 9.64. The Morgan fingerprint density at radius 3 is 2.80 bits per heavy atom. The molecule has 1 aromatic carbocycles. The highest BCUT2D eigenvalue weighted by atomic mass is 16.5. The van der Waals surface area contributed by atoms with Crippen LogP contribution < -0.4 is 10.5 Å². The molecule has 4 N–H and O–H groups in total. The Bertz CT molecular complexity index is 435. The van der Waals surface area contributed by atoms with E-state index >= 15 is 0 Å². The van der Waals surface area contributed by atoms with Gasteiger partial charge in [0, 0.05) is 0 Å². The first-order valence-electron chi connectivity index (χ1n) is 4.35. The fourth-order valence-corrected chi connectivity index (χ4v) is 1.17. The quantitative estimate of drug-likeness (QED) is 0.504. The third-order valence-corrected chi connectivity index (χ3v) is 1.84. The number of phenolic OH excluding ortho intramolecular Hbond substituents is 1. The van der Waals surface area contributed by atoms with E-state index in [4.69, 9.17) is 21.1 Å². The molecule has 0 amide bonds. The minimum Gasteiger partial charge on any atom is -0.506 e. The molecule has 0 unspecified atom stereocenters. The van der Waals surface area contributed by atoms with Gasteiger partial charge < -0.3 is 15.6 Å². The van der Waals surface area contributed by atoms with Crippen molar-refractivity contribution in [2.75, 3.05) is 6.61 Å². The van der Waals surface area contributed by atoms with Crippen molar-refractivity contribution in [2.45, 2.75) is 6.92 Å². The minimum atomic E-state index is -0.309. The van der Waals surface area contributed by atoms with Crippen molar-refractivity contribution in [1.29, 1.82) is 10.7 Å². The largest absolute Gasteiger partial charge is 0.506 e. The zero-order chi connectivity index (χ0) is 11.4. The van der Waals surface area contributed by atoms with Gasteiger partial charge in [-0.2, -0.15) is 5.26 Å². The van der Waals surface area contributed by atoms with E-state index in [2.05, 4.69) is 0 Å². The predicted molar refractivity (Wildman–Crippen MR) is 55.0 cm³/mol. The highest BCUT2D eigenvalue weighted by Crippen LogP contribution is 2.30. The van der Waals surface area contributed by atoms with Gasteiger partial charge in [-0.1, -0.05) is 0 Å². The second-order valence-electron chi connectivity index (χ2n) is 2.79. The SMILES string of the molecule is CCOc1ccc(C(=N)N)c(O)c1C#N. The molecule has 5 heteroatoms. The number of ether oxygens (including phenoxy) is 1. The number of nitrogens with two attached hydrogens (primary N) is 1. The maximum atomic E-state index is 9.64. The van der Waals surface area contributed by atoms with E-state index in [9.17, 15) is 5.11 Å². The Hall–Kier alpha value is -2.22. The van der Waals surface area contributed by atoms with Crippen LogP contribution in [0.1, 0.15) is 18.1 Å². The van der Waals surface area contributed by atoms with Crippen LogP contribution >= 0.6 is 0 Å². The summed E-state index contributed by atoms with van der Waals surface area (Å²) in [6, 6.07) is 4.78. The fraction of sp³-hybridized carbons (Fsp3) is 0.200. The Kier molecular flexibility index (Phi) is 3.13. The van der Waals surface area contributed by atoms with Crippen LogP contribution in [0, 0.1) is 16.7 Å². The Labute approximate surface area is 87.2 Å². The van der Waals surface area contributed by atoms with Crippen molar-refractivity contribution in [1.82, 2.24) is 0 Å². The van der Waals surface area contributed by atoms with Gasteiger partial charge in [-0.05, 0) is 19.1 Å². The highest BCUT2D eigenvalue weighted by molar-refractivity contribution is 5.98. The number of nitriles is 1. The van der Waals surface area contributed by atoms with Crippen molar-refractivity contribution < 1.29 is 9.84 Å². The molecule has 1 rings (SSSR count). The normalized spacial score (nSPS) is 9.33. The lowest BCUT2D eigenvalue weighted by Crippen LogP contribution is -2.12. The smallest absolute Gasteiger partial charge is 0.148 e. The molecule has 0 fully saturated rings. The number of benzene rings is 1. The molecule has 0 aliphatic carbocycles. The lowest BCUT2D eigenvalue weighted by atomic mass is 10.1. The van der Waals surface area contributed by atoms with Crippen LogP contribution in [0.15, 0.2) is 12.1 Å². The van der Waals surface area contributed by atoms with Crippen molar-refractivity contribution in [3.63, 3.8) is 0 Å². The highest BCUT2D eigenvalue weighted by Gasteiger charge is 2.14. The van der Waals surface area contributed by atoms with E-state index in [1.165, 1.54) is 12.1 Å². The average Bonchev–Trinajstić information content (AvgIpc) is 2.18. The van der Waals surface area contributed by atoms with Gasteiger partial charge in [0.15, 0.2) is 0 Å². The average molecular weight is 205 g/mol. The number of aromatic hydroxyl groups is 1. The van der Waals surface area contributed by atoms with Crippen LogP contribution in [-0.4, -0.2) is 17.5 Å². The summed E-state index contributed by atoms with van der Waals surface area (Å²) in [6.07, 6.45) is 0. The van der Waals surface area contributed by atoms with E-state index < -0.39 is 0 Å². The molecule has 0 aliphatic rings.